The fourth-order valence-corrected chi connectivity index (χ4v) is 2.86. The van der Waals surface area contributed by atoms with E-state index >= 15 is 0 Å². The quantitative estimate of drug-likeness (QED) is 0.675. The SMILES string of the molecule is CC(Nc1nccc2c(Br)cccc12)c1ccc(N)cc1. The molecule has 106 valence electrons. The van der Waals surface area contributed by atoms with Crippen LogP contribution >= 0.6 is 15.9 Å². The number of aromatic nitrogens is 1. The van der Waals surface area contributed by atoms with Crippen molar-refractivity contribution in [3.8, 4) is 0 Å². The molecule has 3 N–H and O–H groups in total. The minimum Gasteiger partial charge on any atom is -0.399 e. The van der Waals surface area contributed by atoms with E-state index in [1.54, 1.807) is 0 Å². The molecule has 0 aliphatic heterocycles. The third kappa shape index (κ3) is 2.85. The Morgan fingerprint density at radius 1 is 1.05 bits per heavy atom. The minimum atomic E-state index is 0.155. The van der Waals surface area contributed by atoms with E-state index in [-0.39, 0.29) is 6.04 Å². The molecule has 3 rings (SSSR count). The molecule has 2 aromatic carbocycles. The van der Waals surface area contributed by atoms with E-state index in [0.717, 1.165) is 26.8 Å². The number of rotatable bonds is 3. The smallest absolute Gasteiger partial charge is 0.134 e. The number of nitrogen functional groups attached to an aromatic ring is 1. The molecule has 3 aromatic rings. The van der Waals surface area contributed by atoms with Crippen molar-refractivity contribution in [2.24, 2.45) is 0 Å². The first-order chi connectivity index (χ1) is 10.1. The Kier molecular flexibility index (Phi) is 3.80. The molecule has 3 nitrogen and oxygen atoms in total. The monoisotopic (exact) mass is 341 g/mol. The van der Waals surface area contributed by atoms with Crippen LogP contribution in [0.3, 0.4) is 0 Å². The number of hydrogen-bond acceptors (Lipinski definition) is 3. The van der Waals surface area contributed by atoms with E-state index in [1.807, 2.05) is 48.7 Å². The van der Waals surface area contributed by atoms with E-state index < -0.39 is 0 Å². The molecule has 0 saturated heterocycles. The average Bonchev–Trinajstić information content (AvgIpc) is 2.49. The van der Waals surface area contributed by atoms with E-state index in [0.29, 0.717) is 0 Å². The van der Waals surface area contributed by atoms with Gasteiger partial charge in [-0.2, -0.15) is 0 Å². The van der Waals surface area contributed by atoms with Crippen LogP contribution in [0.25, 0.3) is 10.8 Å². The lowest BCUT2D eigenvalue weighted by molar-refractivity contribution is 0.878. The summed E-state index contributed by atoms with van der Waals surface area (Å²) in [5, 5.41) is 5.73. The second-order valence-electron chi connectivity index (χ2n) is 5.03. The molecule has 0 aliphatic carbocycles. The second-order valence-corrected chi connectivity index (χ2v) is 5.88. The zero-order valence-corrected chi connectivity index (χ0v) is 13.3. The predicted molar refractivity (Wildman–Crippen MR) is 92.3 cm³/mol. The first-order valence-electron chi connectivity index (χ1n) is 6.80. The number of hydrogen-bond donors (Lipinski definition) is 2. The van der Waals surface area contributed by atoms with E-state index in [2.05, 4.69) is 39.2 Å². The Bertz CT molecular complexity index is 769. The Labute approximate surface area is 132 Å². The highest BCUT2D eigenvalue weighted by Gasteiger charge is 2.09. The van der Waals surface area contributed by atoms with Crippen molar-refractivity contribution in [3.63, 3.8) is 0 Å². The van der Waals surface area contributed by atoms with Gasteiger partial charge in [0.2, 0.25) is 0 Å². The molecule has 0 bridgehead atoms. The van der Waals surface area contributed by atoms with Crippen molar-refractivity contribution in [3.05, 3.63) is 64.8 Å². The summed E-state index contributed by atoms with van der Waals surface area (Å²) in [5.41, 5.74) is 7.69. The zero-order valence-electron chi connectivity index (χ0n) is 11.7. The van der Waals surface area contributed by atoms with Crippen LogP contribution in [-0.4, -0.2) is 4.98 Å². The lowest BCUT2D eigenvalue weighted by Crippen LogP contribution is -2.08. The molecular formula is C17H16BrN3. The van der Waals surface area contributed by atoms with Crippen molar-refractivity contribution >= 4 is 38.2 Å². The fourth-order valence-electron chi connectivity index (χ4n) is 2.36. The van der Waals surface area contributed by atoms with E-state index in [9.17, 15) is 0 Å². The molecule has 1 heterocycles. The highest BCUT2D eigenvalue weighted by molar-refractivity contribution is 9.10. The van der Waals surface area contributed by atoms with Crippen molar-refractivity contribution < 1.29 is 0 Å². The molecule has 0 amide bonds. The Morgan fingerprint density at radius 3 is 2.57 bits per heavy atom. The molecule has 4 heteroatoms. The fraction of sp³-hybridized carbons (Fsp3) is 0.118. The number of halogens is 1. The Morgan fingerprint density at radius 2 is 1.81 bits per heavy atom. The summed E-state index contributed by atoms with van der Waals surface area (Å²) in [7, 11) is 0. The third-order valence-electron chi connectivity index (χ3n) is 3.54. The Hall–Kier alpha value is -2.07. The second kappa shape index (κ2) is 5.74. The molecule has 0 radical (unpaired) electrons. The molecule has 21 heavy (non-hydrogen) atoms. The number of nitrogens with zero attached hydrogens (tertiary/aromatic N) is 1. The van der Waals surface area contributed by atoms with Gasteiger partial charge in [-0.05, 0) is 36.8 Å². The van der Waals surface area contributed by atoms with Crippen molar-refractivity contribution in [1.29, 1.82) is 0 Å². The summed E-state index contributed by atoms with van der Waals surface area (Å²) in [6.45, 7) is 2.12. The highest BCUT2D eigenvalue weighted by atomic mass is 79.9. The van der Waals surface area contributed by atoms with Crippen LogP contribution in [0.4, 0.5) is 11.5 Å². The number of nitrogens with one attached hydrogen (secondary N) is 1. The third-order valence-corrected chi connectivity index (χ3v) is 4.23. The van der Waals surface area contributed by atoms with Gasteiger partial charge in [-0.25, -0.2) is 4.98 Å². The van der Waals surface area contributed by atoms with Gasteiger partial charge in [0.25, 0.3) is 0 Å². The Balaban J connectivity index is 1.94. The zero-order chi connectivity index (χ0) is 14.8. The summed E-state index contributed by atoms with van der Waals surface area (Å²) in [5.74, 6) is 0.887. The summed E-state index contributed by atoms with van der Waals surface area (Å²) in [6, 6.07) is 16.2. The maximum absolute atomic E-state index is 5.73. The van der Waals surface area contributed by atoms with Gasteiger partial charge in [0, 0.05) is 33.2 Å². The van der Waals surface area contributed by atoms with Crippen LogP contribution in [0.5, 0.6) is 0 Å². The van der Waals surface area contributed by atoms with Crippen LogP contribution < -0.4 is 11.1 Å². The maximum Gasteiger partial charge on any atom is 0.134 e. The van der Waals surface area contributed by atoms with Gasteiger partial charge in [-0.1, -0.05) is 40.2 Å². The lowest BCUT2D eigenvalue weighted by Gasteiger charge is -2.17. The van der Waals surface area contributed by atoms with Gasteiger partial charge < -0.3 is 11.1 Å². The molecule has 0 fully saturated rings. The first-order valence-corrected chi connectivity index (χ1v) is 7.59. The number of nitrogens with two attached hydrogens (primary N) is 1. The van der Waals surface area contributed by atoms with Crippen LogP contribution in [0.15, 0.2) is 59.2 Å². The summed E-state index contributed by atoms with van der Waals surface area (Å²) in [4.78, 5) is 4.47. The van der Waals surface area contributed by atoms with Gasteiger partial charge >= 0.3 is 0 Å². The highest BCUT2D eigenvalue weighted by Crippen LogP contribution is 2.29. The van der Waals surface area contributed by atoms with E-state index in [1.165, 1.54) is 5.56 Å². The molecule has 0 saturated carbocycles. The van der Waals surface area contributed by atoms with Crippen molar-refractivity contribution in [1.82, 2.24) is 4.98 Å². The molecule has 1 aromatic heterocycles. The molecule has 0 aliphatic rings. The largest absolute Gasteiger partial charge is 0.399 e. The van der Waals surface area contributed by atoms with Crippen molar-refractivity contribution in [2.75, 3.05) is 11.1 Å². The lowest BCUT2D eigenvalue weighted by atomic mass is 10.1. The van der Waals surface area contributed by atoms with Crippen LogP contribution in [0.2, 0.25) is 0 Å². The average molecular weight is 342 g/mol. The van der Waals surface area contributed by atoms with Crippen LogP contribution in [0, 0.1) is 0 Å². The van der Waals surface area contributed by atoms with E-state index in [4.69, 9.17) is 5.73 Å². The molecule has 1 unspecified atom stereocenters. The minimum absolute atomic E-state index is 0.155. The van der Waals surface area contributed by atoms with Gasteiger partial charge in [0.05, 0.1) is 0 Å². The maximum atomic E-state index is 5.73. The van der Waals surface area contributed by atoms with Gasteiger partial charge in [0.1, 0.15) is 5.82 Å². The number of pyridine rings is 1. The van der Waals surface area contributed by atoms with Gasteiger partial charge in [-0.3, -0.25) is 0 Å². The molecule has 1 atom stereocenters. The topological polar surface area (TPSA) is 50.9 Å². The molecular weight excluding hydrogens is 326 g/mol. The number of benzene rings is 2. The van der Waals surface area contributed by atoms with Crippen LogP contribution in [0.1, 0.15) is 18.5 Å². The first kappa shape index (κ1) is 13.9. The van der Waals surface area contributed by atoms with Gasteiger partial charge in [0.15, 0.2) is 0 Å². The summed E-state index contributed by atoms with van der Waals surface area (Å²) in [6.07, 6.45) is 1.82. The number of anilines is 2. The number of fused-ring (bicyclic) bond motifs is 1. The van der Waals surface area contributed by atoms with Crippen LogP contribution in [-0.2, 0) is 0 Å². The summed E-state index contributed by atoms with van der Waals surface area (Å²) < 4.78 is 1.07. The van der Waals surface area contributed by atoms with Crippen molar-refractivity contribution in [2.45, 2.75) is 13.0 Å². The molecule has 0 spiro atoms. The standard InChI is InChI=1S/C17H16BrN3/c1-11(12-5-7-13(19)8-6-12)21-17-15-3-2-4-16(18)14(15)9-10-20-17/h2-11H,19H2,1H3,(H,20,21). The van der Waals surface area contributed by atoms with Gasteiger partial charge in [-0.15, -0.1) is 0 Å². The normalized spacial score (nSPS) is 12.3. The summed E-state index contributed by atoms with van der Waals surface area (Å²) >= 11 is 3.58. The predicted octanol–water partition coefficient (Wildman–Crippen LogP) is 4.75.